The van der Waals surface area contributed by atoms with E-state index in [1.165, 1.54) is 141 Å². The summed E-state index contributed by atoms with van der Waals surface area (Å²) >= 11 is 0. The molecule has 0 bridgehead atoms. The molecular formula is C55H101NO5. The maximum Gasteiger partial charge on any atom is 0.306 e. The van der Waals surface area contributed by atoms with Gasteiger partial charge in [0.2, 0.25) is 5.91 Å². The summed E-state index contributed by atoms with van der Waals surface area (Å²) in [5.74, 6) is -0.491. The van der Waals surface area contributed by atoms with Gasteiger partial charge >= 0.3 is 5.97 Å². The Labute approximate surface area is 378 Å². The highest BCUT2D eigenvalue weighted by atomic mass is 16.5. The Bertz CT molecular complexity index is 1050. The quantitative estimate of drug-likeness (QED) is 0.0322. The first kappa shape index (κ1) is 58.8. The van der Waals surface area contributed by atoms with E-state index in [0.29, 0.717) is 19.3 Å². The van der Waals surface area contributed by atoms with Crippen LogP contribution in [0.3, 0.4) is 0 Å². The van der Waals surface area contributed by atoms with Crippen molar-refractivity contribution in [2.45, 2.75) is 283 Å². The molecule has 0 aromatic rings. The third-order valence-electron chi connectivity index (χ3n) is 12.0. The van der Waals surface area contributed by atoms with Gasteiger partial charge in [0.15, 0.2) is 0 Å². The van der Waals surface area contributed by atoms with Gasteiger partial charge in [0.1, 0.15) is 6.10 Å². The van der Waals surface area contributed by atoms with Crippen LogP contribution < -0.4 is 5.32 Å². The largest absolute Gasteiger partial charge is 0.462 e. The van der Waals surface area contributed by atoms with Crippen LogP contribution in [0.4, 0.5) is 0 Å². The number of aliphatic hydroxyl groups is 2. The Balaban J connectivity index is 4.60. The fourth-order valence-corrected chi connectivity index (χ4v) is 7.97. The number of aliphatic hydroxyl groups excluding tert-OH is 2. The van der Waals surface area contributed by atoms with Crippen LogP contribution in [-0.2, 0) is 14.3 Å². The standard InChI is InChI=1S/C55H101NO5/c1-4-7-10-13-16-19-22-24-26-27-28-29-31-33-36-39-42-45-48-55(60)61-51(46-43-40-37-34-32-30-25-23-20-17-14-11-8-5-2)49-54(59)56-52(50-57)53(58)47-44-41-38-35-21-18-15-12-9-6-3/h16,19,22,24,26-29,51-53,57-58H,4-15,17-18,20-21,23,25,30-50H2,1-3H3,(H,56,59)/b19-16+,24-22+,27-26+,29-28+. The van der Waals surface area contributed by atoms with Gasteiger partial charge in [-0.3, -0.25) is 9.59 Å². The third-order valence-corrected chi connectivity index (χ3v) is 12.0. The lowest BCUT2D eigenvalue weighted by Crippen LogP contribution is -2.46. The minimum Gasteiger partial charge on any atom is -0.462 e. The molecule has 0 heterocycles. The van der Waals surface area contributed by atoms with E-state index in [1.54, 1.807) is 0 Å². The Kier molecular flexibility index (Phi) is 47.1. The number of rotatable bonds is 47. The Hall–Kier alpha value is -2.18. The van der Waals surface area contributed by atoms with Crippen LogP contribution in [0.15, 0.2) is 48.6 Å². The second-order valence-electron chi connectivity index (χ2n) is 18.0. The van der Waals surface area contributed by atoms with E-state index in [4.69, 9.17) is 4.74 Å². The van der Waals surface area contributed by atoms with Gasteiger partial charge in [-0.2, -0.15) is 0 Å². The van der Waals surface area contributed by atoms with Crippen molar-refractivity contribution in [1.29, 1.82) is 0 Å². The monoisotopic (exact) mass is 856 g/mol. The van der Waals surface area contributed by atoms with Crippen molar-refractivity contribution in [3.8, 4) is 0 Å². The summed E-state index contributed by atoms with van der Waals surface area (Å²) < 4.78 is 5.93. The zero-order valence-corrected chi connectivity index (χ0v) is 40.5. The summed E-state index contributed by atoms with van der Waals surface area (Å²) in [5, 5.41) is 23.7. The molecule has 0 aliphatic carbocycles. The Morgan fingerprint density at radius 1 is 0.475 bits per heavy atom. The van der Waals surface area contributed by atoms with Gasteiger partial charge in [0, 0.05) is 6.42 Å². The predicted molar refractivity (Wildman–Crippen MR) is 264 cm³/mol. The number of allylic oxidation sites excluding steroid dienone is 8. The second kappa shape index (κ2) is 48.8. The van der Waals surface area contributed by atoms with E-state index in [-0.39, 0.29) is 24.9 Å². The number of esters is 1. The number of hydrogen-bond donors (Lipinski definition) is 3. The van der Waals surface area contributed by atoms with Crippen LogP contribution in [0.25, 0.3) is 0 Å². The minimum atomic E-state index is -0.789. The third kappa shape index (κ3) is 44.2. The lowest BCUT2D eigenvalue weighted by atomic mass is 10.0. The Morgan fingerprint density at radius 2 is 0.836 bits per heavy atom. The topological polar surface area (TPSA) is 95.9 Å². The average molecular weight is 856 g/mol. The van der Waals surface area contributed by atoms with Crippen molar-refractivity contribution in [2.75, 3.05) is 6.61 Å². The van der Waals surface area contributed by atoms with Crippen molar-refractivity contribution in [2.24, 2.45) is 0 Å². The molecule has 0 fully saturated rings. The molecule has 0 spiro atoms. The summed E-state index contributed by atoms with van der Waals surface area (Å²) in [6.45, 7) is 6.44. The SMILES string of the molecule is CCCCC/C=C/C=C/C=C/C=C/CCCCCCCC(=O)OC(CCCCCCCCCCCCCCCC)CC(=O)NC(CO)C(O)CCCCCCCCCCCC. The fraction of sp³-hybridized carbons (Fsp3) is 0.818. The van der Waals surface area contributed by atoms with Gasteiger partial charge in [0.05, 0.1) is 25.2 Å². The maximum atomic E-state index is 13.2. The molecule has 0 aromatic carbocycles. The van der Waals surface area contributed by atoms with Crippen molar-refractivity contribution in [1.82, 2.24) is 5.32 Å². The molecule has 3 unspecified atom stereocenters. The molecule has 3 atom stereocenters. The molecule has 0 rings (SSSR count). The molecule has 356 valence electrons. The van der Waals surface area contributed by atoms with Crippen molar-refractivity contribution in [3.63, 3.8) is 0 Å². The van der Waals surface area contributed by atoms with Crippen LogP contribution in [0.5, 0.6) is 0 Å². The molecule has 6 heteroatoms. The summed E-state index contributed by atoms with van der Waals surface area (Å²) in [6, 6.07) is -0.704. The molecule has 6 nitrogen and oxygen atoms in total. The van der Waals surface area contributed by atoms with E-state index in [9.17, 15) is 19.8 Å². The van der Waals surface area contributed by atoms with Crippen LogP contribution >= 0.6 is 0 Å². The summed E-state index contributed by atoms with van der Waals surface area (Å²) in [4.78, 5) is 26.1. The zero-order chi connectivity index (χ0) is 44.5. The van der Waals surface area contributed by atoms with Gasteiger partial charge in [-0.1, -0.05) is 249 Å². The van der Waals surface area contributed by atoms with Gasteiger partial charge in [-0.25, -0.2) is 0 Å². The number of unbranched alkanes of at least 4 members (excludes halogenated alkanes) is 30. The van der Waals surface area contributed by atoms with E-state index in [2.05, 4.69) is 74.7 Å². The number of carbonyl (C=O) groups is 2. The molecule has 0 aromatic heterocycles. The van der Waals surface area contributed by atoms with E-state index in [1.807, 2.05) is 0 Å². The molecular weight excluding hydrogens is 755 g/mol. The van der Waals surface area contributed by atoms with Gasteiger partial charge in [0.25, 0.3) is 0 Å². The van der Waals surface area contributed by atoms with E-state index < -0.39 is 18.2 Å². The van der Waals surface area contributed by atoms with E-state index >= 15 is 0 Å². The zero-order valence-electron chi connectivity index (χ0n) is 40.5. The molecule has 0 radical (unpaired) electrons. The van der Waals surface area contributed by atoms with Crippen molar-refractivity contribution < 1.29 is 24.5 Å². The molecule has 0 aliphatic heterocycles. The molecule has 0 saturated heterocycles. The van der Waals surface area contributed by atoms with Crippen molar-refractivity contribution in [3.05, 3.63) is 48.6 Å². The lowest BCUT2D eigenvalue weighted by Gasteiger charge is -2.24. The highest BCUT2D eigenvalue weighted by Gasteiger charge is 2.24. The first-order valence-corrected chi connectivity index (χ1v) is 26.4. The highest BCUT2D eigenvalue weighted by molar-refractivity contribution is 5.77. The van der Waals surface area contributed by atoms with Crippen LogP contribution in [0.1, 0.15) is 265 Å². The predicted octanol–water partition coefficient (Wildman–Crippen LogP) is 15.8. The average Bonchev–Trinajstić information content (AvgIpc) is 3.25. The molecule has 1 amide bonds. The molecule has 0 aliphatic rings. The first-order valence-electron chi connectivity index (χ1n) is 26.4. The van der Waals surface area contributed by atoms with Crippen molar-refractivity contribution >= 4 is 11.9 Å². The van der Waals surface area contributed by atoms with Gasteiger partial charge < -0.3 is 20.3 Å². The molecule has 61 heavy (non-hydrogen) atoms. The van der Waals surface area contributed by atoms with Crippen LogP contribution in [-0.4, -0.2) is 46.9 Å². The Morgan fingerprint density at radius 3 is 1.30 bits per heavy atom. The smallest absolute Gasteiger partial charge is 0.306 e. The number of carbonyl (C=O) groups excluding carboxylic acids is 2. The number of hydrogen-bond acceptors (Lipinski definition) is 5. The molecule has 3 N–H and O–H groups in total. The summed E-state index contributed by atoms with van der Waals surface area (Å²) in [5.41, 5.74) is 0. The maximum absolute atomic E-state index is 13.2. The highest BCUT2D eigenvalue weighted by Crippen LogP contribution is 2.18. The normalized spacial score (nSPS) is 13.6. The van der Waals surface area contributed by atoms with E-state index in [0.717, 1.165) is 77.0 Å². The number of ether oxygens (including phenoxy) is 1. The number of nitrogens with one attached hydrogen (secondary N) is 1. The minimum absolute atomic E-state index is 0.0703. The van der Waals surface area contributed by atoms with Gasteiger partial charge in [-0.05, 0) is 51.4 Å². The first-order chi connectivity index (χ1) is 30.0. The van der Waals surface area contributed by atoms with Crippen LogP contribution in [0, 0.1) is 0 Å². The van der Waals surface area contributed by atoms with Gasteiger partial charge in [-0.15, -0.1) is 0 Å². The second-order valence-corrected chi connectivity index (χ2v) is 18.0. The summed E-state index contributed by atoms with van der Waals surface area (Å²) in [7, 11) is 0. The number of amides is 1. The lowest BCUT2D eigenvalue weighted by molar-refractivity contribution is -0.151. The van der Waals surface area contributed by atoms with Crippen LogP contribution in [0.2, 0.25) is 0 Å². The summed E-state index contributed by atoms with van der Waals surface area (Å²) in [6.07, 6.45) is 58.8. The molecule has 0 saturated carbocycles. The fourth-order valence-electron chi connectivity index (χ4n) is 7.97.